The van der Waals surface area contributed by atoms with Crippen LogP contribution in [-0.2, 0) is 20.9 Å². The molecule has 0 aromatic heterocycles. The largest absolute Gasteiger partial charge is 0.493 e. The Morgan fingerprint density at radius 3 is 2.59 bits per heavy atom. The van der Waals surface area contributed by atoms with Crippen LogP contribution in [0.1, 0.15) is 5.56 Å². The lowest BCUT2D eigenvalue weighted by Crippen LogP contribution is -2.28. The smallest absolute Gasteiger partial charge is 0.387 e. The molecule has 1 N–H and O–H groups in total. The van der Waals surface area contributed by atoms with E-state index in [1.165, 1.54) is 43.5 Å². The third kappa shape index (κ3) is 7.57. The lowest BCUT2D eigenvalue weighted by atomic mass is 10.2. The van der Waals surface area contributed by atoms with Gasteiger partial charge in [0, 0.05) is 11.4 Å². The molecule has 0 saturated heterocycles. The van der Waals surface area contributed by atoms with Crippen LogP contribution in [0.2, 0.25) is 0 Å². The molecule has 0 aliphatic heterocycles. The first-order valence-corrected chi connectivity index (χ1v) is 9.29. The average Bonchev–Trinajstić information content (AvgIpc) is 2.70. The lowest BCUT2D eigenvalue weighted by molar-refractivity contribution is -0.145. The highest BCUT2D eigenvalue weighted by Gasteiger charge is 2.13. The Hall–Kier alpha value is -2.88. The molecule has 0 radical (unpaired) electrons. The molecule has 0 fully saturated rings. The summed E-state index contributed by atoms with van der Waals surface area (Å²) in [7, 11) is 1.30. The summed E-state index contributed by atoms with van der Waals surface area (Å²) in [4.78, 5) is 23.8. The van der Waals surface area contributed by atoms with E-state index in [1.54, 1.807) is 6.07 Å². The van der Waals surface area contributed by atoms with Crippen LogP contribution in [0.15, 0.2) is 47.4 Å². The zero-order valence-electron chi connectivity index (χ0n) is 15.3. The van der Waals surface area contributed by atoms with Crippen LogP contribution in [0.4, 0.5) is 13.2 Å². The molecule has 0 aliphatic carbocycles. The van der Waals surface area contributed by atoms with E-state index in [0.29, 0.717) is 10.5 Å². The Morgan fingerprint density at radius 1 is 1.14 bits per heavy atom. The van der Waals surface area contributed by atoms with Crippen LogP contribution < -0.4 is 14.8 Å². The van der Waals surface area contributed by atoms with Gasteiger partial charge in [0.25, 0.3) is 5.91 Å². The fourth-order valence-electron chi connectivity index (χ4n) is 2.15. The van der Waals surface area contributed by atoms with Crippen LogP contribution >= 0.6 is 11.8 Å². The molecule has 2 aromatic rings. The number of carbonyl (C=O) groups is 2. The number of hydrogen-bond acceptors (Lipinski definition) is 6. The SMILES string of the molecule is COc1cc(CNC(=O)COC(=O)CSc2ccccc2F)ccc1OC(F)F. The fraction of sp³-hybridized carbons (Fsp3) is 0.263. The zero-order chi connectivity index (χ0) is 21.2. The number of benzene rings is 2. The number of hydrogen-bond donors (Lipinski definition) is 1. The Bertz CT molecular complexity index is 850. The van der Waals surface area contributed by atoms with Crippen molar-refractivity contribution in [3.8, 4) is 11.5 Å². The van der Waals surface area contributed by atoms with E-state index >= 15 is 0 Å². The molecule has 0 aliphatic rings. The number of methoxy groups -OCH3 is 1. The van der Waals surface area contributed by atoms with Gasteiger partial charge in [-0.15, -0.1) is 11.8 Å². The van der Waals surface area contributed by atoms with Crippen molar-refractivity contribution in [3.05, 3.63) is 53.8 Å². The minimum atomic E-state index is -2.99. The molecule has 0 atom stereocenters. The fourth-order valence-corrected chi connectivity index (χ4v) is 2.89. The number of amides is 1. The first-order valence-electron chi connectivity index (χ1n) is 8.30. The second-order valence-corrected chi connectivity index (χ2v) is 6.54. The number of ether oxygens (including phenoxy) is 3. The lowest BCUT2D eigenvalue weighted by Gasteiger charge is -2.12. The standard InChI is InChI=1S/C19H18F3NO5S/c1-26-15-8-12(6-7-14(15)28-19(21)22)9-23-17(24)10-27-18(25)11-29-16-5-3-2-4-13(16)20/h2-8,19H,9-11H2,1H3,(H,23,24). The van der Waals surface area contributed by atoms with E-state index in [1.807, 2.05) is 0 Å². The molecule has 6 nitrogen and oxygen atoms in total. The van der Waals surface area contributed by atoms with E-state index in [0.717, 1.165) is 11.8 Å². The van der Waals surface area contributed by atoms with Crippen LogP contribution in [0.25, 0.3) is 0 Å². The molecule has 2 aromatic carbocycles. The summed E-state index contributed by atoms with van der Waals surface area (Å²) in [6.07, 6.45) is 0. The topological polar surface area (TPSA) is 73.9 Å². The minimum absolute atomic E-state index is 0.0612. The van der Waals surface area contributed by atoms with E-state index in [-0.39, 0.29) is 23.8 Å². The van der Waals surface area contributed by atoms with Gasteiger partial charge in [0.2, 0.25) is 0 Å². The van der Waals surface area contributed by atoms with Crippen molar-refractivity contribution in [3.63, 3.8) is 0 Å². The molecule has 10 heteroatoms. The maximum Gasteiger partial charge on any atom is 0.387 e. The summed E-state index contributed by atoms with van der Waals surface area (Å²) >= 11 is 0.966. The predicted octanol–water partition coefficient (Wildman–Crippen LogP) is 3.39. The Morgan fingerprint density at radius 2 is 1.90 bits per heavy atom. The Kier molecular flexibility index (Phi) is 8.66. The number of thioether (sulfide) groups is 1. The summed E-state index contributed by atoms with van der Waals surface area (Å²) in [5.74, 6) is -1.84. The predicted molar refractivity (Wildman–Crippen MR) is 99.6 cm³/mol. The van der Waals surface area contributed by atoms with Crippen molar-refractivity contribution >= 4 is 23.6 Å². The van der Waals surface area contributed by atoms with Crippen LogP contribution in [0, 0.1) is 5.82 Å². The van der Waals surface area contributed by atoms with Crippen LogP contribution in [0.5, 0.6) is 11.5 Å². The number of rotatable bonds is 10. The monoisotopic (exact) mass is 429 g/mol. The van der Waals surface area contributed by atoms with E-state index < -0.39 is 30.9 Å². The van der Waals surface area contributed by atoms with Gasteiger partial charge in [-0.3, -0.25) is 9.59 Å². The number of halogens is 3. The Balaban J connectivity index is 1.75. The van der Waals surface area contributed by atoms with Crippen molar-refractivity contribution in [2.45, 2.75) is 18.1 Å². The summed E-state index contributed by atoms with van der Waals surface area (Å²) < 4.78 is 52.2. The maximum absolute atomic E-state index is 13.5. The molecule has 2 rings (SSSR count). The first kappa shape index (κ1) is 22.4. The van der Waals surface area contributed by atoms with Gasteiger partial charge in [-0.1, -0.05) is 18.2 Å². The molecule has 0 bridgehead atoms. The molecule has 0 unspecified atom stereocenters. The van der Waals surface area contributed by atoms with Gasteiger partial charge in [-0.2, -0.15) is 8.78 Å². The van der Waals surface area contributed by atoms with Crippen LogP contribution in [-0.4, -0.2) is 38.0 Å². The molecule has 156 valence electrons. The van der Waals surface area contributed by atoms with Crippen molar-refractivity contribution < 1.29 is 37.0 Å². The second-order valence-electron chi connectivity index (χ2n) is 5.52. The van der Waals surface area contributed by atoms with Gasteiger partial charge < -0.3 is 19.5 Å². The summed E-state index contributed by atoms with van der Waals surface area (Å²) in [5, 5.41) is 2.52. The summed E-state index contributed by atoms with van der Waals surface area (Å²) in [6.45, 7) is -3.42. The third-order valence-corrected chi connectivity index (χ3v) is 4.50. The number of nitrogens with one attached hydrogen (secondary N) is 1. The quantitative estimate of drug-likeness (QED) is 0.461. The third-order valence-electron chi connectivity index (χ3n) is 3.48. The second kappa shape index (κ2) is 11.2. The summed E-state index contributed by atoms with van der Waals surface area (Å²) in [5.41, 5.74) is 0.568. The number of alkyl halides is 2. The van der Waals surface area contributed by atoms with E-state index in [4.69, 9.17) is 9.47 Å². The maximum atomic E-state index is 13.5. The molecular weight excluding hydrogens is 411 g/mol. The summed E-state index contributed by atoms with van der Waals surface area (Å²) in [6, 6.07) is 10.2. The highest BCUT2D eigenvalue weighted by Crippen LogP contribution is 2.29. The van der Waals surface area contributed by atoms with Gasteiger partial charge in [-0.05, 0) is 29.8 Å². The molecular formula is C19H18F3NO5S. The molecule has 0 heterocycles. The van der Waals surface area contributed by atoms with Crippen molar-refractivity contribution in [1.29, 1.82) is 0 Å². The van der Waals surface area contributed by atoms with Crippen molar-refractivity contribution in [1.82, 2.24) is 5.32 Å². The number of carbonyl (C=O) groups excluding carboxylic acids is 2. The molecule has 1 amide bonds. The molecule has 0 saturated carbocycles. The molecule has 29 heavy (non-hydrogen) atoms. The normalized spacial score (nSPS) is 10.5. The molecule has 0 spiro atoms. The van der Waals surface area contributed by atoms with Crippen molar-refractivity contribution in [2.75, 3.05) is 19.5 Å². The van der Waals surface area contributed by atoms with Gasteiger partial charge in [0.05, 0.1) is 12.9 Å². The van der Waals surface area contributed by atoms with Gasteiger partial charge in [0.15, 0.2) is 18.1 Å². The zero-order valence-corrected chi connectivity index (χ0v) is 16.1. The van der Waals surface area contributed by atoms with E-state index in [9.17, 15) is 22.8 Å². The minimum Gasteiger partial charge on any atom is -0.493 e. The van der Waals surface area contributed by atoms with Crippen molar-refractivity contribution in [2.24, 2.45) is 0 Å². The highest BCUT2D eigenvalue weighted by atomic mass is 32.2. The highest BCUT2D eigenvalue weighted by molar-refractivity contribution is 8.00. The van der Waals surface area contributed by atoms with E-state index in [2.05, 4.69) is 10.1 Å². The number of esters is 1. The first-order chi connectivity index (χ1) is 13.9. The average molecular weight is 429 g/mol. The van der Waals surface area contributed by atoms with Gasteiger partial charge in [-0.25, -0.2) is 4.39 Å². The Labute approximate surface area is 169 Å². The van der Waals surface area contributed by atoms with Gasteiger partial charge in [0.1, 0.15) is 5.82 Å². The van der Waals surface area contributed by atoms with Gasteiger partial charge >= 0.3 is 12.6 Å². The van der Waals surface area contributed by atoms with Crippen LogP contribution in [0.3, 0.4) is 0 Å².